The summed E-state index contributed by atoms with van der Waals surface area (Å²) in [6.07, 6.45) is 11.5. The topological polar surface area (TPSA) is 0 Å². The second-order valence-corrected chi connectivity index (χ2v) is 2.96. The normalized spacial score (nSPS) is 13.0. The molecule has 0 aromatic carbocycles. The van der Waals surface area contributed by atoms with Crippen LogP contribution in [0.4, 0.5) is 0 Å². The summed E-state index contributed by atoms with van der Waals surface area (Å²) in [4.78, 5) is 0. The van der Waals surface area contributed by atoms with Crippen molar-refractivity contribution < 1.29 is 0 Å². The van der Waals surface area contributed by atoms with E-state index in [1.165, 1.54) is 0 Å². The second-order valence-electron chi connectivity index (χ2n) is 2.96. The van der Waals surface area contributed by atoms with Crippen LogP contribution in [-0.4, -0.2) is 0 Å². The Balaban J connectivity index is 4.74. The van der Waals surface area contributed by atoms with Gasteiger partial charge in [0.25, 0.3) is 0 Å². The number of hydrogen-bond acceptors (Lipinski definition) is 0. The van der Waals surface area contributed by atoms with Gasteiger partial charge in [-0.05, 0) is 25.0 Å². The average molecular weight is 186 g/mol. The van der Waals surface area contributed by atoms with Gasteiger partial charge in [0.05, 0.1) is 0 Å². The van der Waals surface area contributed by atoms with Crippen molar-refractivity contribution in [1.29, 1.82) is 0 Å². The van der Waals surface area contributed by atoms with E-state index in [0.29, 0.717) is 0 Å². The molecule has 0 nitrogen and oxygen atoms in total. The number of hydrogen-bond donors (Lipinski definition) is 0. The summed E-state index contributed by atoms with van der Waals surface area (Å²) >= 11 is 0. The first-order valence-corrected chi connectivity index (χ1v) is 4.61. The minimum absolute atomic E-state index is 0.989. The van der Waals surface area contributed by atoms with Crippen LogP contribution in [0, 0.1) is 0 Å². The molecule has 74 valence electrons. The van der Waals surface area contributed by atoms with Gasteiger partial charge in [0.15, 0.2) is 0 Å². The van der Waals surface area contributed by atoms with Gasteiger partial charge < -0.3 is 0 Å². The molecule has 0 aliphatic carbocycles. The van der Waals surface area contributed by atoms with Crippen LogP contribution in [0.15, 0.2) is 72.9 Å². The fourth-order valence-electron chi connectivity index (χ4n) is 0.977. The predicted octanol–water partition coefficient (Wildman–Crippen LogP) is 4.36. The highest BCUT2D eigenvalue weighted by molar-refractivity contribution is 5.46. The van der Waals surface area contributed by atoms with E-state index in [1.807, 2.05) is 44.2 Å². The van der Waals surface area contributed by atoms with Gasteiger partial charge in [0.2, 0.25) is 0 Å². The summed E-state index contributed by atoms with van der Waals surface area (Å²) in [6, 6.07) is 0. The highest BCUT2D eigenvalue weighted by Crippen LogP contribution is 2.13. The molecule has 0 aromatic rings. The van der Waals surface area contributed by atoms with Gasteiger partial charge in [-0.15, -0.1) is 0 Å². The van der Waals surface area contributed by atoms with Crippen LogP contribution in [0.25, 0.3) is 0 Å². The Kier molecular flexibility index (Phi) is 6.13. The van der Waals surface area contributed by atoms with Gasteiger partial charge in [0, 0.05) is 0 Å². The molecule has 0 bridgehead atoms. The van der Waals surface area contributed by atoms with Crippen molar-refractivity contribution in [1.82, 2.24) is 0 Å². The van der Waals surface area contributed by atoms with Gasteiger partial charge >= 0.3 is 0 Å². The van der Waals surface area contributed by atoms with E-state index >= 15 is 0 Å². The van der Waals surface area contributed by atoms with Crippen LogP contribution >= 0.6 is 0 Å². The summed E-state index contributed by atoms with van der Waals surface area (Å²) in [5.74, 6) is 0. The summed E-state index contributed by atoms with van der Waals surface area (Å²) < 4.78 is 0. The van der Waals surface area contributed by atoms with Gasteiger partial charge in [-0.25, -0.2) is 0 Å². The molecule has 0 spiro atoms. The van der Waals surface area contributed by atoms with Crippen LogP contribution < -0.4 is 0 Å². The Morgan fingerprint density at radius 1 is 1.21 bits per heavy atom. The van der Waals surface area contributed by atoms with Crippen molar-refractivity contribution in [3.63, 3.8) is 0 Å². The van der Waals surface area contributed by atoms with E-state index in [0.717, 1.165) is 16.7 Å². The molecule has 0 aromatic heterocycles. The van der Waals surface area contributed by atoms with E-state index in [2.05, 4.69) is 19.7 Å². The summed E-state index contributed by atoms with van der Waals surface area (Å²) in [7, 11) is 0. The fourth-order valence-corrected chi connectivity index (χ4v) is 0.977. The van der Waals surface area contributed by atoms with Crippen molar-refractivity contribution >= 4 is 0 Å². The predicted molar refractivity (Wildman–Crippen MR) is 66.2 cm³/mol. The maximum atomic E-state index is 3.99. The van der Waals surface area contributed by atoms with Crippen LogP contribution in [-0.2, 0) is 0 Å². The zero-order valence-corrected chi connectivity index (χ0v) is 9.09. The number of rotatable bonds is 5. The average Bonchev–Trinajstić information content (AvgIpc) is 2.18. The summed E-state index contributed by atoms with van der Waals surface area (Å²) in [5, 5.41) is 0. The molecule has 0 radical (unpaired) electrons. The Hall–Kier alpha value is -1.56. The third-order valence-corrected chi connectivity index (χ3v) is 1.82. The van der Waals surface area contributed by atoms with Crippen molar-refractivity contribution in [2.75, 3.05) is 0 Å². The molecular weight excluding hydrogens is 168 g/mol. The molecular formula is C14H18. The molecule has 0 fully saturated rings. The van der Waals surface area contributed by atoms with Crippen molar-refractivity contribution in [3.05, 3.63) is 72.9 Å². The zero-order chi connectivity index (χ0) is 11.0. The lowest BCUT2D eigenvalue weighted by atomic mass is 10.0. The number of allylic oxidation sites excluding steroid dienone is 9. The molecule has 0 unspecified atom stereocenters. The zero-order valence-electron chi connectivity index (χ0n) is 9.09. The molecule has 0 atom stereocenters. The Bertz CT molecular complexity index is 309. The van der Waals surface area contributed by atoms with Crippen molar-refractivity contribution in [2.45, 2.75) is 13.8 Å². The summed E-state index contributed by atoms with van der Waals surface area (Å²) in [5.41, 5.74) is 3.20. The molecule has 0 amide bonds. The molecule has 14 heavy (non-hydrogen) atoms. The third-order valence-electron chi connectivity index (χ3n) is 1.82. The van der Waals surface area contributed by atoms with Crippen molar-refractivity contribution in [3.8, 4) is 0 Å². The fraction of sp³-hybridized carbons (Fsp3) is 0.143. The van der Waals surface area contributed by atoms with Crippen LogP contribution in [0.1, 0.15) is 13.8 Å². The van der Waals surface area contributed by atoms with Gasteiger partial charge in [-0.1, -0.05) is 61.8 Å². The molecule has 0 saturated carbocycles. The first-order valence-electron chi connectivity index (χ1n) is 4.61. The van der Waals surface area contributed by atoms with E-state index in [4.69, 9.17) is 0 Å². The maximum absolute atomic E-state index is 3.99. The molecule has 0 saturated heterocycles. The highest BCUT2D eigenvalue weighted by Gasteiger charge is 1.93. The SMILES string of the molecule is C=C/C=C\C(=C/C)C(=C)/C=C(/C)C=C. The minimum atomic E-state index is 0.989. The maximum Gasteiger partial charge on any atom is -0.0233 e. The van der Waals surface area contributed by atoms with E-state index in [1.54, 1.807) is 6.08 Å². The standard InChI is InChI=1S/C14H18/c1-6-9-10-14(8-3)13(5)11-12(4)7-2/h6-11H,1-2,5H2,3-4H3/b10-9-,12-11-,14-8+. The first-order chi connectivity index (χ1) is 6.65. The van der Waals surface area contributed by atoms with Gasteiger partial charge in [0.1, 0.15) is 0 Å². The molecule has 0 N–H and O–H groups in total. The largest absolute Gasteiger partial charge is 0.0991 e. The minimum Gasteiger partial charge on any atom is -0.0991 e. The van der Waals surface area contributed by atoms with Gasteiger partial charge in [-0.3, -0.25) is 0 Å². The monoisotopic (exact) mass is 186 g/mol. The smallest absolute Gasteiger partial charge is 0.0233 e. The van der Waals surface area contributed by atoms with Gasteiger partial charge in [-0.2, -0.15) is 0 Å². The van der Waals surface area contributed by atoms with Crippen molar-refractivity contribution in [2.24, 2.45) is 0 Å². The van der Waals surface area contributed by atoms with E-state index in [-0.39, 0.29) is 0 Å². The molecule has 0 aliphatic heterocycles. The Morgan fingerprint density at radius 3 is 2.29 bits per heavy atom. The molecule has 0 rings (SSSR count). The van der Waals surface area contributed by atoms with E-state index < -0.39 is 0 Å². The van der Waals surface area contributed by atoms with Crippen LogP contribution in [0.5, 0.6) is 0 Å². The van der Waals surface area contributed by atoms with Crippen LogP contribution in [0.2, 0.25) is 0 Å². The summed E-state index contributed by atoms with van der Waals surface area (Å²) in [6.45, 7) is 15.3. The lowest BCUT2D eigenvalue weighted by Crippen LogP contribution is -1.81. The lowest BCUT2D eigenvalue weighted by Gasteiger charge is -2.01. The second kappa shape index (κ2) is 6.90. The Morgan fingerprint density at radius 2 is 1.86 bits per heavy atom. The van der Waals surface area contributed by atoms with Crippen LogP contribution in [0.3, 0.4) is 0 Å². The molecule has 0 aliphatic rings. The third kappa shape index (κ3) is 4.46. The highest BCUT2D eigenvalue weighted by atomic mass is 14.0. The Labute approximate surface area is 87.3 Å². The first kappa shape index (κ1) is 12.4. The van der Waals surface area contributed by atoms with E-state index in [9.17, 15) is 0 Å². The lowest BCUT2D eigenvalue weighted by molar-refractivity contribution is 1.45. The molecule has 0 heterocycles. The molecule has 0 heteroatoms. The quantitative estimate of drug-likeness (QED) is 0.559.